The first-order chi connectivity index (χ1) is 10.5. The van der Waals surface area contributed by atoms with Crippen molar-refractivity contribution in [2.75, 3.05) is 19.3 Å². The molecule has 1 fully saturated rings. The van der Waals surface area contributed by atoms with Crippen LogP contribution in [0.15, 0.2) is 24.3 Å². The molecular weight excluding hydrogens is 308 g/mol. The van der Waals surface area contributed by atoms with E-state index in [1.807, 2.05) is 24.3 Å². The van der Waals surface area contributed by atoms with E-state index < -0.39 is 23.1 Å². The molecule has 1 amide bonds. The van der Waals surface area contributed by atoms with Crippen LogP contribution in [0.2, 0.25) is 0 Å². The molecule has 2 aliphatic rings. The highest BCUT2D eigenvalue weighted by Crippen LogP contribution is 2.56. The summed E-state index contributed by atoms with van der Waals surface area (Å²) in [5.74, 6) is -0.726. The Morgan fingerprint density at radius 3 is 2.59 bits per heavy atom. The summed E-state index contributed by atoms with van der Waals surface area (Å²) >= 11 is 6.88. The molecule has 1 aromatic rings. The average molecular weight is 325 g/mol. The second kappa shape index (κ2) is 5.14. The Balaban J connectivity index is 2.14. The van der Waals surface area contributed by atoms with Crippen LogP contribution in [-0.4, -0.2) is 43.2 Å². The zero-order chi connectivity index (χ0) is 16.1. The lowest BCUT2D eigenvalue weighted by molar-refractivity contribution is -0.152. The number of hydrogen-bond acceptors (Lipinski definition) is 5. The molecule has 2 heterocycles. The van der Waals surface area contributed by atoms with E-state index in [1.54, 1.807) is 5.06 Å². The molecule has 22 heavy (non-hydrogen) atoms. The van der Waals surface area contributed by atoms with Crippen molar-refractivity contribution in [3.8, 4) is 0 Å². The van der Waals surface area contributed by atoms with Crippen LogP contribution in [0.5, 0.6) is 0 Å². The molecule has 0 saturated carbocycles. The van der Waals surface area contributed by atoms with E-state index in [4.69, 9.17) is 21.2 Å². The highest BCUT2D eigenvalue weighted by molar-refractivity contribution is 6.26. The van der Waals surface area contributed by atoms with Gasteiger partial charge in [-0.3, -0.25) is 9.63 Å². The molecule has 3 atom stereocenters. The third-order valence-electron chi connectivity index (χ3n) is 4.34. The highest BCUT2D eigenvalue weighted by atomic mass is 35.5. The number of methoxy groups -OCH3 is 1. The number of halogens is 1. The minimum atomic E-state index is -0.906. The molecule has 0 aromatic heterocycles. The number of amides is 1. The summed E-state index contributed by atoms with van der Waals surface area (Å²) in [4.78, 5) is 30.2. The van der Waals surface area contributed by atoms with E-state index in [0.29, 0.717) is 0 Å². The topological polar surface area (TPSA) is 59.1 Å². The van der Waals surface area contributed by atoms with Crippen molar-refractivity contribution in [1.82, 2.24) is 4.90 Å². The predicted octanol–water partition coefficient (Wildman–Crippen LogP) is 1.62. The number of alkyl halides is 1. The molecule has 3 rings (SSSR count). The van der Waals surface area contributed by atoms with Gasteiger partial charge in [0.05, 0.1) is 19.9 Å². The third-order valence-corrected chi connectivity index (χ3v) is 4.90. The van der Waals surface area contributed by atoms with Crippen molar-refractivity contribution in [2.24, 2.45) is 0 Å². The normalized spacial score (nSPS) is 29.3. The van der Waals surface area contributed by atoms with Gasteiger partial charge >= 0.3 is 5.97 Å². The molecule has 0 N–H and O–H groups in total. The second-order valence-corrected chi connectivity index (χ2v) is 6.11. The molecule has 0 unspecified atom stereocenters. The Morgan fingerprint density at radius 1 is 1.32 bits per heavy atom. The van der Waals surface area contributed by atoms with E-state index in [-0.39, 0.29) is 12.3 Å². The standard InChI is InChI=1S/C15H17ClN2O4/c1-9(19)17-12(13(20)21-2)8-15(16)10-6-4-5-7-11(10)18(22-3)14(15)17/h4-7,12,14H,8H2,1-3H3/t12-,14-,15-/m0/s1. The van der Waals surface area contributed by atoms with Gasteiger partial charge in [0.25, 0.3) is 0 Å². The molecular formula is C15H17ClN2O4. The molecule has 0 radical (unpaired) electrons. The fourth-order valence-corrected chi connectivity index (χ4v) is 4.00. The first-order valence-corrected chi connectivity index (χ1v) is 7.32. The number of rotatable bonds is 2. The summed E-state index contributed by atoms with van der Waals surface area (Å²) in [6, 6.07) is 6.81. The summed E-state index contributed by atoms with van der Waals surface area (Å²) in [5, 5.41) is 1.59. The second-order valence-electron chi connectivity index (χ2n) is 5.43. The number of para-hydroxylation sites is 1. The molecule has 6 nitrogen and oxygen atoms in total. The van der Waals surface area contributed by atoms with E-state index in [1.165, 1.54) is 26.0 Å². The van der Waals surface area contributed by atoms with Gasteiger partial charge in [0.15, 0.2) is 6.17 Å². The highest BCUT2D eigenvalue weighted by Gasteiger charge is 2.63. The number of hydroxylamine groups is 1. The maximum Gasteiger partial charge on any atom is 0.328 e. The number of nitrogens with zero attached hydrogens (tertiary/aromatic N) is 2. The van der Waals surface area contributed by atoms with Crippen LogP contribution in [0.1, 0.15) is 18.9 Å². The largest absolute Gasteiger partial charge is 0.467 e. The van der Waals surface area contributed by atoms with Gasteiger partial charge in [0.2, 0.25) is 5.91 Å². The van der Waals surface area contributed by atoms with Gasteiger partial charge in [0.1, 0.15) is 10.9 Å². The van der Waals surface area contributed by atoms with Crippen LogP contribution in [0.3, 0.4) is 0 Å². The molecule has 0 bridgehead atoms. The van der Waals surface area contributed by atoms with Crippen molar-refractivity contribution < 1.29 is 19.2 Å². The number of esters is 1. The monoisotopic (exact) mass is 324 g/mol. The number of carbonyl (C=O) groups excluding carboxylic acids is 2. The number of benzene rings is 1. The summed E-state index contributed by atoms with van der Waals surface area (Å²) in [7, 11) is 2.82. The number of likely N-dealkylation sites (tertiary alicyclic amines) is 1. The van der Waals surface area contributed by atoms with Gasteiger partial charge in [-0.15, -0.1) is 11.6 Å². The van der Waals surface area contributed by atoms with Crippen molar-refractivity contribution in [3.05, 3.63) is 29.8 Å². The predicted molar refractivity (Wildman–Crippen MR) is 80.2 cm³/mol. The maximum atomic E-state index is 12.2. The number of fused-ring (bicyclic) bond motifs is 3. The number of carbonyl (C=O) groups is 2. The van der Waals surface area contributed by atoms with Gasteiger partial charge < -0.3 is 9.64 Å². The van der Waals surface area contributed by atoms with Gasteiger partial charge in [-0.1, -0.05) is 18.2 Å². The van der Waals surface area contributed by atoms with Crippen molar-refractivity contribution in [1.29, 1.82) is 0 Å². The molecule has 0 aliphatic carbocycles. The number of anilines is 1. The van der Waals surface area contributed by atoms with E-state index in [9.17, 15) is 9.59 Å². The summed E-state index contributed by atoms with van der Waals surface area (Å²) < 4.78 is 4.83. The summed E-state index contributed by atoms with van der Waals surface area (Å²) in [5.41, 5.74) is 1.65. The van der Waals surface area contributed by atoms with Gasteiger partial charge in [-0.2, -0.15) is 0 Å². The Hall–Kier alpha value is -1.79. The molecule has 1 aromatic carbocycles. The van der Waals surface area contributed by atoms with Crippen LogP contribution in [-0.2, 0) is 24.0 Å². The molecule has 7 heteroatoms. The molecule has 0 spiro atoms. The summed E-state index contributed by atoms with van der Waals surface area (Å²) in [6.07, 6.45) is -0.305. The number of ether oxygens (including phenoxy) is 1. The Labute approximate surface area is 133 Å². The van der Waals surface area contributed by atoms with E-state index in [0.717, 1.165) is 11.3 Å². The van der Waals surface area contributed by atoms with Crippen LogP contribution in [0.25, 0.3) is 0 Å². The van der Waals surface area contributed by atoms with Crippen LogP contribution in [0, 0.1) is 0 Å². The lowest BCUT2D eigenvalue weighted by Crippen LogP contribution is -2.52. The average Bonchev–Trinajstić information content (AvgIpc) is 2.94. The number of hydrogen-bond donors (Lipinski definition) is 0. The lowest BCUT2D eigenvalue weighted by atomic mass is 9.95. The fourth-order valence-electron chi connectivity index (χ4n) is 3.50. The third kappa shape index (κ3) is 1.84. The van der Waals surface area contributed by atoms with Crippen LogP contribution >= 0.6 is 11.6 Å². The molecule has 118 valence electrons. The van der Waals surface area contributed by atoms with E-state index >= 15 is 0 Å². The Bertz CT molecular complexity index is 638. The van der Waals surface area contributed by atoms with Gasteiger partial charge in [-0.25, -0.2) is 9.86 Å². The zero-order valence-corrected chi connectivity index (χ0v) is 13.3. The quantitative estimate of drug-likeness (QED) is 0.611. The van der Waals surface area contributed by atoms with Crippen LogP contribution < -0.4 is 5.06 Å². The van der Waals surface area contributed by atoms with Gasteiger partial charge in [-0.05, 0) is 6.07 Å². The SMILES string of the molecule is COC(=O)[C@@H]1C[C@]2(Cl)c3ccccc3N(OC)[C@@H]2N1C(C)=O. The van der Waals surface area contributed by atoms with Crippen molar-refractivity contribution >= 4 is 29.2 Å². The maximum absolute atomic E-state index is 12.2. The van der Waals surface area contributed by atoms with Crippen molar-refractivity contribution in [3.63, 3.8) is 0 Å². The Morgan fingerprint density at radius 2 is 2.00 bits per heavy atom. The van der Waals surface area contributed by atoms with Crippen LogP contribution in [0.4, 0.5) is 5.69 Å². The minimum Gasteiger partial charge on any atom is -0.467 e. The summed E-state index contributed by atoms with van der Waals surface area (Å²) in [6.45, 7) is 1.41. The molecule has 1 saturated heterocycles. The van der Waals surface area contributed by atoms with E-state index in [2.05, 4.69) is 0 Å². The lowest BCUT2D eigenvalue weighted by Gasteiger charge is -2.34. The smallest absolute Gasteiger partial charge is 0.328 e. The minimum absolute atomic E-state index is 0.252. The van der Waals surface area contributed by atoms with Gasteiger partial charge in [0, 0.05) is 18.9 Å². The molecule has 2 aliphatic heterocycles. The first-order valence-electron chi connectivity index (χ1n) is 6.94. The first kappa shape index (κ1) is 15.1. The van der Waals surface area contributed by atoms with Crippen molar-refractivity contribution in [2.45, 2.75) is 30.4 Å². The fraction of sp³-hybridized carbons (Fsp3) is 0.467. The Kier molecular flexibility index (Phi) is 3.53. The zero-order valence-electron chi connectivity index (χ0n) is 12.6.